The Morgan fingerprint density at radius 3 is 2.65 bits per heavy atom. The van der Waals surface area contributed by atoms with Gasteiger partial charge in [0.15, 0.2) is 10.9 Å². The Hall–Kier alpha value is -2.78. The lowest BCUT2D eigenvalue weighted by atomic mass is 10.1. The van der Waals surface area contributed by atoms with Gasteiger partial charge in [0.1, 0.15) is 10.6 Å². The SMILES string of the molecule is O=C(O)Nc1nc(-c2ccco2)c(C(=O)c2cnc(Cl)nc2)s1. The second-order valence-electron chi connectivity index (χ2n) is 4.17. The molecule has 2 N–H and O–H groups in total. The highest BCUT2D eigenvalue weighted by atomic mass is 35.5. The van der Waals surface area contributed by atoms with Gasteiger partial charge < -0.3 is 9.52 Å². The fourth-order valence-corrected chi connectivity index (χ4v) is 2.78. The first-order valence-corrected chi connectivity index (χ1v) is 7.31. The number of thiazole rings is 1. The van der Waals surface area contributed by atoms with Crippen molar-refractivity contribution in [2.45, 2.75) is 0 Å². The highest BCUT2D eigenvalue weighted by molar-refractivity contribution is 7.18. The minimum atomic E-state index is -1.28. The number of carbonyl (C=O) groups is 2. The van der Waals surface area contributed by atoms with E-state index >= 15 is 0 Å². The smallest absolute Gasteiger partial charge is 0.410 e. The summed E-state index contributed by atoms with van der Waals surface area (Å²) in [6, 6.07) is 3.26. The van der Waals surface area contributed by atoms with Gasteiger partial charge in [0.25, 0.3) is 0 Å². The molecule has 0 aliphatic carbocycles. The summed E-state index contributed by atoms with van der Waals surface area (Å²) in [5, 5.41) is 11.0. The monoisotopic (exact) mass is 350 g/mol. The maximum atomic E-state index is 12.6. The van der Waals surface area contributed by atoms with E-state index < -0.39 is 11.9 Å². The van der Waals surface area contributed by atoms with Gasteiger partial charge in [-0.15, -0.1) is 0 Å². The van der Waals surface area contributed by atoms with Gasteiger partial charge in [0.05, 0.1) is 11.8 Å². The van der Waals surface area contributed by atoms with Crippen LogP contribution in [0.15, 0.2) is 35.2 Å². The summed E-state index contributed by atoms with van der Waals surface area (Å²) in [4.78, 5) is 35.2. The minimum Gasteiger partial charge on any atom is -0.465 e. The quantitative estimate of drug-likeness (QED) is 0.548. The topological polar surface area (TPSA) is 118 Å². The zero-order valence-electron chi connectivity index (χ0n) is 11.2. The standard InChI is InChI=1S/C13H7ClN4O4S/c14-11-15-4-6(5-16-11)9(19)10-8(7-2-1-3-22-7)17-12(23-10)18-13(20)21/h1-5H,(H,17,18)(H,20,21). The molecule has 0 unspecified atom stereocenters. The molecule has 0 saturated carbocycles. The van der Waals surface area contributed by atoms with Crippen LogP contribution in [0.5, 0.6) is 0 Å². The van der Waals surface area contributed by atoms with Crippen LogP contribution in [0.25, 0.3) is 11.5 Å². The van der Waals surface area contributed by atoms with Crippen molar-refractivity contribution in [2.75, 3.05) is 5.32 Å². The van der Waals surface area contributed by atoms with Gasteiger partial charge in [-0.3, -0.25) is 10.1 Å². The maximum Gasteiger partial charge on any atom is 0.410 e. The summed E-state index contributed by atoms with van der Waals surface area (Å²) in [6.07, 6.45) is 2.72. The van der Waals surface area contributed by atoms with E-state index in [0.717, 1.165) is 11.3 Å². The number of aromatic nitrogens is 3. The van der Waals surface area contributed by atoms with Crippen LogP contribution in [0.2, 0.25) is 5.28 Å². The van der Waals surface area contributed by atoms with Crippen LogP contribution < -0.4 is 5.32 Å². The molecular formula is C13H7ClN4O4S. The summed E-state index contributed by atoms with van der Waals surface area (Å²) in [7, 11) is 0. The van der Waals surface area contributed by atoms with Gasteiger partial charge in [-0.2, -0.15) is 0 Å². The van der Waals surface area contributed by atoms with Crippen molar-refractivity contribution in [3.8, 4) is 11.5 Å². The van der Waals surface area contributed by atoms with E-state index in [0.29, 0.717) is 5.76 Å². The average molecular weight is 351 g/mol. The lowest BCUT2D eigenvalue weighted by molar-refractivity contribution is 0.104. The Balaban J connectivity index is 2.05. The first-order valence-electron chi connectivity index (χ1n) is 6.11. The van der Waals surface area contributed by atoms with Gasteiger partial charge in [0.2, 0.25) is 11.1 Å². The number of hydrogen-bond acceptors (Lipinski definition) is 7. The van der Waals surface area contributed by atoms with Crippen molar-refractivity contribution in [1.29, 1.82) is 0 Å². The molecule has 0 fully saturated rings. The number of halogens is 1. The predicted molar refractivity (Wildman–Crippen MR) is 81.9 cm³/mol. The number of carboxylic acid groups (broad SMARTS) is 1. The third-order valence-corrected chi connectivity index (χ3v) is 3.85. The van der Waals surface area contributed by atoms with Crippen LogP contribution in [-0.4, -0.2) is 31.9 Å². The highest BCUT2D eigenvalue weighted by Gasteiger charge is 2.23. The predicted octanol–water partition coefficient (Wildman–Crippen LogP) is 3.17. The Morgan fingerprint density at radius 1 is 1.30 bits per heavy atom. The number of amides is 1. The lowest BCUT2D eigenvalue weighted by Gasteiger charge is -1.99. The molecule has 10 heteroatoms. The van der Waals surface area contributed by atoms with E-state index in [1.807, 2.05) is 0 Å². The molecule has 3 aromatic heterocycles. The molecule has 3 rings (SSSR count). The van der Waals surface area contributed by atoms with E-state index in [9.17, 15) is 9.59 Å². The van der Waals surface area contributed by atoms with Crippen molar-refractivity contribution in [3.05, 3.63) is 46.5 Å². The molecule has 1 amide bonds. The molecule has 0 aromatic carbocycles. The lowest BCUT2D eigenvalue weighted by Crippen LogP contribution is -2.06. The number of carbonyl (C=O) groups excluding carboxylic acids is 1. The summed E-state index contributed by atoms with van der Waals surface area (Å²) in [6.45, 7) is 0. The number of nitrogens with zero attached hydrogens (tertiary/aromatic N) is 3. The zero-order valence-corrected chi connectivity index (χ0v) is 12.8. The highest BCUT2D eigenvalue weighted by Crippen LogP contribution is 2.33. The molecule has 3 aromatic rings. The fraction of sp³-hybridized carbons (Fsp3) is 0. The molecule has 116 valence electrons. The molecule has 0 saturated heterocycles. The number of furan rings is 1. The first-order chi connectivity index (χ1) is 11.0. The van der Waals surface area contributed by atoms with Crippen molar-refractivity contribution in [3.63, 3.8) is 0 Å². The summed E-state index contributed by atoms with van der Waals surface area (Å²) < 4.78 is 5.25. The van der Waals surface area contributed by atoms with E-state index in [1.165, 1.54) is 18.7 Å². The van der Waals surface area contributed by atoms with Crippen molar-refractivity contribution in [1.82, 2.24) is 15.0 Å². The van der Waals surface area contributed by atoms with Gasteiger partial charge in [-0.05, 0) is 23.7 Å². The van der Waals surface area contributed by atoms with Gasteiger partial charge in [0, 0.05) is 12.4 Å². The van der Waals surface area contributed by atoms with Crippen LogP contribution in [0.1, 0.15) is 15.2 Å². The molecule has 23 heavy (non-hydrogen) atoms. The summed E-state index contributed by atoms with van der Waals surface area (Å²) >= 11 is 6.49. The molecule has 0 radical (unpaired) electrons. The van der Waals surface area contributed by atoms with E-state index in [-0.39, 0.29) is 26.5 Å². The third kappa shape index (κ3) is 3.20. The Labute approximate surface area is 137 Å². The maximum absolute atomic E-state index is 12.6. The Kier molecular flexibility index (Phi) is 4.04. The normalized spacial score (nSPS) is 10.5. The van der Waals surface area contributed by atoms with Crippen molar-refractivity contribution in [2.24, 2.45) is 0 Å². The zero-order chi connectivity index (χ0) is 16.4. The van der Waals surface area contributed by atoms with Crippen LogP contribution in [-0.2, 0) is 0 Å². The molecule has 0 atom stereocenters. The van der Waals surface area contributed by atoms with Crippen LogP contribution in [0, 0.1) is 0 Å². The van der Waals surface area contributed by atoms with Crippen LogP contribution >= 0.6 is 22.9 Å². The molecule has 0 aliphatic rings. The number of anilines is 1. The van der Waals surface area contributed by atoms with Gasteiger partial charge in [-0.1, -0.05) is 11.3 Å². The second kappa shape index (κ2) is 6.15. The molecule has 8 nitrogen and oxygen atoms in total. The second-order valence-corrected chi connectivity index (χ2v) is 5.51. The number of nitrogens with one attached hydrogen (secondary N) is 1. The third-order valence-electron chi connectivity index (χ3n) is 2.68. The molecule has 0 spiro atoms. The molecule has 0 aliphatic heterocycles. The number of ketones is 1. The first kappa shape index (κ1) is 15.1. The summed E-state index contributed by atoms with van der Waals surface area (Å²) in [5.74, 6) is -0.0677. The Morgan fingerprint density at radius 2 is 2.04 bits per heavy atom. The fourth-order valence-electron chi connectivity index (χ4n) is 1.76. The molecule has 0 bridgehead atoms. The van der Waals surface area contributed by atoms with Crippen molar-refractivity contribution >= 4 is 39.9 Å². The minimum absolute atomic E-state index is 0.0188. The molecular weight excluding hydrogens is 344 g/mol. The number of rotatable bonds is 4. The summed E-state index contributed by atoms with van der Waals surface area (Å²) in [5.41, 5.74) is 0.441. The van der Waals surface area contributed by atoms with Gasteiger partial charge in [-0.25, -0.2) is 19.7 Å². The van der Waals surface area contributed by atoms with E-state index in [1.54, 1.807) is 12.1 Å². The Bertz CT molecular complexity index is 861. The van der Waals surface area contributed by atoms with E-state index in [4.69, 9.17) is 21.1 Å². The average Bonchev–Trinajstić information content (AvgIpc) is 3.15. The largest absolute Gasteiger partial charge is 0.465 e. The van der Waals surface area contributed by atoms with Crippen molar-refractivity contribution < 1.29 is 19.1 Å². The van der Waals surface area contributed by atoms with E-state index in [2.05, 4.69) is 20.3 Å². The van der Waals surface area contributed by atoms with Crippen LogP contribution in [0.3, 0.4) is 0 Å². The van der Waals surface area contributed by atoms with Crippen LogP contribution in [0.4, 0.5) is 9.93 Å². The molecule has 3 heterocycles. The van der Waals surface area contributed by atoms with Gasteiger partial charge >= 0.3 is 6.09 Å². The number of hydrogen-bond donors (Lipinski definition) is 2.